The first kappa shape index (κ1) is 13.4. The van der Waals surface area contributed by atoms with Gasteiger partial charge in [-0.2, -0.15) is 0 Å². The Morgan fingerprint density at radius 1 is 1.44 bits per heavy atom. The molecule has 2 aromatic rings. The molecule has 1 aromatic heterocycles. The molecule has 0 amide bonds. The first-order valence-corrected chi connectivity index (χ1v) is 7.11. The first-order valence-electron chi connectivity index (χ1n) is 5.06. The maximum absolute atomic E-state index is 11.1. The number of hydrogen-bond acceptors (Lipinski definition) is 3. The van der Waals surface area contributed by atoms with Gasteiger partial charge in [0.2, 0.25) is 0 Å². The predicted octanol–water partition coefficient (Wildman–Crippen LogP) is 4.47. The molecule has 0 aliphatic rings. The van der Waals surface area contributed by atoms with Crippen molar-refractivity contribution in [3.63, 3.8) is 0 Å². The fourth-order valence-corrected chi connectivity index (χ4v) is 3.04. The highest BCUT2D eigenvalue weighted by molar-refractivity contribution is 9.10. The third-order valence-electron chi connectivity index (χ3n) is 2.29. The molecule has 0 spiro atoms. The summed E-state index contributed by atoms with van der Waals surface area (Å²) in [7, 11) is 0. The van der Waals surface area contributed by atoms with Crippen molar-refractivity contribution in [1.29, 1.82) is 0 Å². The van der Waals surface area contributed by atoms with E-state index in [1.54, 1.807) is 23.5 Å². The third-order valence-corrected chi connectivity index (χ3v) is 4.22. The zero-order valence-corrected chi connectivity index (χ0v) is 12.3. The third kappa shape index (κ3) is 3.25. The van der Waals surface area contributed by atoms with Gasteiger partial charge in [-0.15, -0.1) is 11.3 Å². The van der Waals surface area contributed by atoms with Crippen LogP contribution in [0.5, 0.6) is 0 Å². The largest absolute Gasteiger partial charge is 0.478 e. The zero-order chi connectivity index (χ0) is 13.1. The average Bonchev–Trinajstić information content (AvgIpc) is 2.72. The summed E-state index contributed by atoms with van der Waals surface area (Å²) in [6.45, 7) is 0.566. The number of halogens is 2. The molecule has 0 saturated carbocycles. The number of benzene rings is 1. The van der Waals surface area contributed by atoms with Crippen LogP contribution in [0.15, 0.2) is 34.1 Å². The van der Waals surface area contributed by atoms with E-state index in [0.29, 0.717) is 17.3 Å². The van der Waals surface area contributed by atoms with E-state index in [-0.39, 0.29) is 5.56 Å². The van der Waals surface area contributed by atoms with Crippen LogP contribution in [0.4, 0.5) is 5.69 Å². The molecule has 0 radical (unpaired) electrons. The van der Waals surface area contributed by atoms with Gasteiger partial charge in [-0.25, -0.2) is 4.79 Å². The minimum Gasteiger partial charge on any atom is -0.478 e. The molecule has 3 nitrogen and oxygen atoms in total. The summed E-state index contributed by atoms with van der Waals surface area (Å²) < 4.78 is 1.02. The summed E-state index contributed by atoms with van der Waals surface area (Å²) in [6.07, 6.45) is 0. The summed E-state index contributed by atoms with van der Waals surface area (Å²) in [5.41, 5.74) is 0.745. The summed E-state index contributed by atoms with van der Waals surface area (Å²) in [5, 5.41) is 14.6. The van der Waals surface area contributed by atoms with Crippen LogP contribution in [-0.4, -0.2) is 11.1 Å². The number of thiophene rings is 1. The van der Waals surface area contributed by atoms with Gasteiger partial charge in [0.1, 0.15) is 0 Å². The lowest BCUT2D eigenvalue weighted by molar-refractivity contribution is 0.0698. The van der Waals surface area contributed by atoms with E-state index in [4.69, 9.17) is 16.7 Å². The average molecular weight is 347 g/mol. The number of rotatable bonds is 4. The lowest BCUT2D eigenvalue weighted by atomic mass is 10.2. The molecular weight excluding hydrogens is 338 g/mol. The van der Waals surface area contributed by atoms with Gasteiger partial charge in [-0.1, -0.05) is 11.6 Å². The minimum atomic E-state index is -0.971. The number of carboxylic acid groups (broad SMARTS) is 1. The van der Waals surface area contributed by atoms with E-state index in [9.17, 15) is 4.79 Å². The Labute approximate surface area is 122 Å². The van der Waals surface area contributed by atoms with Gasteiger partial charge in [0.05, 0.1) is 11.3 Å². The van der Waals surface area contributed by atoms with Crippen molar-refractivity contribution in [1.82, 2.24) is 0 Å². The van der Waals surface area contributed by atoms with Crippen molar-refractivity contribution in [3.8, 4) is 0 Å². The molecule has 2 rings (SSSR count). The normalized spacial score (nSPS) is 10.3. The lowest BCUT2D eigenvalue weighted by Gasteiger charge is -2.08. The van der Waals surface area contributed by atoms with Crippen LogP contribution < -0.4 is 5.32 Å². The molecule has 0 aliphatic carbocycles. The van der Waals surface area contributed by atoms with Gasteiger partial charge >= 0.3 is 5.97 Å². The Morgan fingerprint density at radius 3 is 2.83 bits per heavy atom. The molecule has 0 bridgehead atoms. The van der Waals surface area contributed by atoms with E-state index in [1.807, 2.05) is 11.4 Å². The molecule has 0 saturated heterocycles. The topological polar surface area (TPSA) is 49.3 Å². The molecule has 0 atom stereocenters. The van der Waals surface area contributed by atoms with Crippen LogP contribution in [0.25, 0.3) is 0 Å². The smallest absolute Gasteiger partial charge is 0.337 e. The van der Waals surface area contributed by atoms with Gasteiger partial charge in [0, 0.05) is 26.3 Å². The van der Waals surface area contributed by atoms with Gasteiger partial charge in [-0.3, -0.25) is 0 Å². The highest BCUT2D eigenvalue weighted by Crippen LogP contribution is 2.24. The van der Waals surface area contributed by atoms with E-state index in [2.05, 4.69) is 21.2 Å². The maximum atomic E-state index is 11.1. The number of nitrogens with one attached hydrogen (secondary N) is 1. The van der Waals surface area contributed by atoms with E-state index < -0.39 is 5.97 Å². The predicted molar refractivity (Wildman–Crippen MR) is 77.8 cm³/mol. The van der Waals surface area contributed by atoms with Gasteiger partial charge < -0.3 is 10.4 Å². The van der Waals surface area contributed by atoms with Crippen LogP contribution in [0.1, 0.15) is 15.2 Å². The summed E-state index contributed by atoms with van der Waals surface area (Å²) in [5.74, 6) is -0.971. The van der Waals surface area contributed by atoms with Crippen molar-refractivity contribution in [2.75, 3.05) is 5.32 Å². The van der Waals surface area contributed by atoms with Crippen molar-refractivity contribution >= 4 is 50.5 Å². The molecule has 0 fully saturated rings. The molecule has 6 heteroatoms. The maximum Gasteiger partial charge on any atom is 0.337 e. The van der Waals surface area contributed by atoms with Gasteiger partial charge in [0.15, 0.2) is 0 Å². The first-order chi connectivity index (χ1) is 8.56. The van der Waals surface area contributed by atoms with E-state index in [0.717, 1.165) is 9.35 Å². The summed E-state index contributed by atoms with van der Waals surface area (Å²) in [4.78, 5) is 12.2. The fraction of sp³-hybridized carbons (Fsp3) is 0.0833. The Morgan fingerprint density at radius 2 is 2.22 bits per heavy atom. The van der Waals surface area contributed by atoms with E-state index >= 15 is 0 Å². The summed E-state index contributed by atoms with van der Waals surface area (Å²) in [6, 6.07) is 6.67. The molecule has 94 valence electrons. The van der Waals surface area contributed by atoms with Gasteiger partial charge in [0.25, 0.3) is 0 Å². The van der Waals surface area contributed by atoms with Crippen LogP contribution in [-0.2, 0) is 6.54 Å². The molecule has 0 unspecified atom stereocenters. The zero-order valence-electron chi connectivity index (χ0n) is 9.11. The fourth-order valence-electron chi connectivity index (χ4n) is 1.48. The van der Waals surface area contributed by atoms with Gasteiger partial charge in [-0.05, 0) is 40.2 Å². The van der Waals surface area contributed by atoms with Crippen LogP contribution in [0, 0.1) is 0 Å². The number of carbonyl (C=O) groups is 1. The quantitative estimate of drug-likeness (QED) is 0.858. The van der Waals surface area contributed by atoms with Crippen molar-refractivity contribution in [2.45, 2.75) is 6.54 Å². The number of carboxylic acids is 1. The molecule has 0 aliphatic heterocycles. The molecule has 2 N–H and O–H groups in total. The molecular formula is C12H9BrClNO2S. The molecule has 18 heavy (non-hydrogen) atoms. The van der Waals surface area contributed by atoms with Crippen molar-refractivity contribution in [3.05, 3.63) is 49.6 Å². The number of hydrogen-bond donors (Lipinski definition) is 2. The second-order valence-electron chi connectivity index (χ2n) is 3.58. The standard InChI is InChI=1S/C12H9BrClNO2S/c13-7-3-9(18-6-7)5-15-11-4-8(14)1-2-10(11)12(16)17/h1-4,6,15H,5H2,(H,16,17). The van der Waals surface area contributed by atoms with Crippen LogP contribution in [0.2, 0.25) is 5.02 Å². The highest BCUT2D eigenvalue weighted by atomic mass is 79.9. The van der Waals surface area contributed by atoms with Crippen LogP contribution >= 0.6 is 38.9 Å². The second kappa shape index (κ2) is 5.73. The second-order valence-corrected chi connectivity index (χ2v) is 5.93. The lowest BCUT2D eigenvalue weighted by Crippen LogP contribution is -2.05. The molecule has 1 aromatic carbocycles. The van der Waals surface area contributed by atoms with Crippen molar-refractivity contribution < 1.29 is 9.90 Å². The summed E-state index contributed by atoms with van der Waals surface area (Å²) >= 11 is 10.8. The Bertz CT molecular complexity index is 585. The van der Waals surface area contributed by atoms with Crippen LogP contribution in [0.3, 0.4) is 0 Å². The van der Waals surface area contributed by atoms with E-state index in [1.165, 1.54) is 6.07 Å². The SMILES string of the molecule is O=C(O)c1ccc(Cl)cc1NCc1cc(Br)cs1. The monoisotopic (exact) mass is 345 g/mol. The highest BCUT2D eigenvalue weighted by Gasteiger charge is 2.10. The number of anilines is 1. The Hall–Kier alpha value is -1.04. The Kier molecular flexibility index (Phi) is 4.27. The number of aromatic carboxylic acids is 1. The Balaban J connectivity index is 2.17. The van der Waals surface area contributed by atoms with Crippen molar-refractivity contribution in [2.24, 2.45) is 0 Å². The minimum absolute atomic E-state index is 0.218. The molecule has 1 heterocycles.